The van der Waals surface area contributed by atoms with Crippen LogP contribution in [-0.4, -0.2) is 35.2 Å². The van der Waals surface area contributed by atoms with E-state index in [0.29, 0.717) is 12.2 Å². The van der Waals surface area contributed by atoms with Gasteiger partial charge in [-0.1, -0.05) is 24.2 Å². The lowest BCUT2D eigenvalue weighted by molar-refractivity contribution is -0.152. The van der Waals surface area contributed by atoms with Crippen LogP contribution in [0.3, 0.4) is 0 Å². The number of aryl methyl sites for hydroxylation is 1. The second-order valence-electron chi connectivity index (χ2n) is 6.21. The van der Waals surface area contributed by atoms with Crippen LogP contribution < -0.4 is 10.1 Å². The van der Waals surface area contributed by atoms with Crippen LogP contribution in [-0.2, 0) is 20.7 Å². The molecule has 1 heterocycles. The lowest BCUT2D eigenvalue weighted by atomic mass is 10.2. The highest BCUT2D eigenvalue weighted by atomic mass is 16.6. The fourth-order valence-corrected chi connectivity index (χ4v) is 2.29. The molecule has 0 saturated carbocycles. The lowest BCUT2D eigenvalue weighted by Crippen LogP contribution is -2.39. The molecule has 0 aliphatic carbocycles. The Balaban J connectivity index is 1.84. The number of hydrogen-bond acceptors (Lipinski definition) is 7. The Bertz CT molecular complexity index is 814. The molecule has 8 nitrogen and oxygen atoms in total. The minimum Gasteiger partial charge on any atom is -0.497 e. The maximum atomic E-state index is 12.2. The molecule has 1 N–H and O–H groups in total. The Kier molecular flexibility index (Phi) is 7.74. The van der Waals surface area contributed by atoms with E-state index in [1.165, 1.54) is 6.08 Å². The van der Waals surface area contributed by atoms with Crippen molar-refractivity contribution in [2.45, 2.75) is 45.8 Å². The van der Waals surface area contributed by atoms with Crippen LogP contribution in [0.15, 0.2) is 34.9 Å². The number of aromatic nitrogens is 2. The van der Waals surface area contributed by atoms with Gasteiger partial charge < -0.3 is 19.3 Å². The average Bonchev–Trinajstić information content (AvgIpc) is 3.15. The van der Waals surface area contributed by atoms with Gasteiger partial charge in [0.1, 0.15) is 11.8 Å². The molecule has 2 rings (SSSR count). The Labute approximate surface area is 163 Å². The molecule has 1 aromatic carbocycles. The summed E-state index contributed by atoms with van der Waals surface area (Å²) in [6.45, 7) is 5.19. The standard InChI is InChI=1S/C20H25N3O5/c1-5-6-17-22-19(28-23-17)14(3)27-20(25)13(2)21-18(24)12-9-15-7-10-16(26-4)11-8-15/h7-14H,5-6H2,1-4H3,(H,21,24)/b12-9+/t13-,14?/m0/s1. The normalized spacial score (nSPS) is 13.1. The van der Waals surface area contributed by atoms with Gasteiger partial charge in [-0.15, -0.1) is 0 Å². The highest BCUT2D eigenvalue weighted by Crippen LogP contribution is 2.16. The van der Waals surface area contributed by atoms with Crippen molar-refractivity contribution in [1.82, 2.24) is 15.5 Å². The molecule has 150 valence electrons. The molecular weight excluding hydrogens is 362 g/mol. The third-order valence-electron chi connectivity index (χ3n) is 3.85. The number of nitrogens with one attached hydrogen (secondary N) is 1. The number of methoxy groups -OCH3 is 1. The van der Waals surface area contributed by atoms with Crippen molar-refractivity contribution in [1.29, 1.82) is 0 Å². The van der Waals surface area contributed by atoms with Gasteiger partial charge in [0, 0.05) is 12.5 Å². The van der Waals surface area contributed by atoms with E-state index < -0.39 is 24.0 Å². The number of benzene rings is 1. The first-order valence-corrected chi connectivity index (χ1v) is 9.08. The van der Waals surface area contributed by atoms with E-state index in [-0.39, 0.29) is 5.89 Å². The molecular formula is C20H25N3O5. The molecule has 28 heavy (non-hydrogen) atoms. The van der Waals surface area contributed by atoms with Crippen LogP contribution in [0.1, 0.15) is 50.6 Å². The van der Waals surface area contributed by atoms with E-state index in [0.717, 1.165) is 17.7 Å². The van der Waals surface area contributed by atoms with Crippen molar-refractivity contribution in [3.8, 4) is 5.75 Å². The maximum absolute atomic E-state index is 12.2. The van der Waals surface area contributed by atoms with Crippen molar-refractivity contribution in [3.05, 3.63) is 47.6 Å². The average molecular weight is 387 g/mol. The molecule has 0 spiro atoms. The summed E-state index contributed by atoms with van der Waals surface area (Å²) in [6.07, 6.45) is 3.88. The molecule has 0 fully saturated rings. The van der Waals surface area contributed by atoms with Gasteiger partial charge in [-0.2, -0.15) is 4.98 Å². The second kappa shape index (κ2) is 10.2. The van der Waals surface area contributed by atoms with Crippen LogP contribution in [0.2, 0.25) is 0 Å². The van der Waals surface area contributed by atoms with Crippen molar-refractivity contribution in [2.75, 3.05) is 7.11 Å². The summed E-state index contributed by atoms with van der Waals surface area (Å²) in [7, 11) is 1.59. The molecule has 0 aliphatic heterocycles. The van der Waals surface area contributed by atoms with Gasteiger partial charge in [-0.05, 0) is 44.0 Å². The molecule has 0 radical (unpaired) electrons. The monoisotopic (exact) mass is 387 g/mol. The third-order valence-corrected chi connectivity index (χ3v) is 3.85. The molecule has 0 saturated heterocycles. The summed E-state index contributed by atoms with van der Waals surface area (Å²) < 4.78 is 15.5. The van der Waals surface area contributed by atoms with Gasteiger partial charge in [0.2, 0.25) is 5.91 Å². The summed E-state index contributed by atoms with van der Waals surface area (Å²) >= 11 is 0. The number of esters is 1. The fraction of sp³-hybridized carbons (Fsp3) is 0.400. The van der Waals surface area contributed by atoms with Gasteiger partial charge in [0.25, 0.3) is 5.89 Å². The first kappa shape index (κ1) is 21.1. The van der Waals surface area contributed by atoms with Crippen molar-refractivity contribution < 1.29 is 23.6 Å². The minimum atomic E-state index is -0.825. The second-order valence-corrected chi connectivity index (χ2v) is 6.21. The minimum absolute atomic E-state index is 0.231. The van der Waals surface area contributed by atoms with E-state index in [2.05, 4.69) is 15.5 Å². The van der Waals surface area contributed by atoms with Crippen LogP contribution >= 0.6 is 0 Å². The van der Waals surface area contributed by atoms with E-state index in [1.54, 1.807) is 39.2 Å². The summed E-state index contributed by atoms with van der Waals surface area (Å²) in [4.78, 5) is 28.4. The molecule has 0 aliphatic rings. The number of amides is 1. The van der Waals surface area contributed by atoms with Gasteiger partial charge >= 0.3 is 5.97 Å². The van der Waals surface area contributed by atoms with Crippen LogP contribution in [0, 0.1) is 0 Å². The fourth-order valence-electron chi connectivity index (χ4n) is 2.29. The van der Waals surface area contributed by atoms with Crippen molar-refractivity contribution >= 4 is 18.0 Å². The first-order chi connectivity index (χ1) is 13.4. The molecule has 2 aromatic rings. The molecule has 1 amide bonds. The third kappa shape index (κ3) is 6.22. The number of hydrogen-bond donors (Lipinski definition) is 1. The van der Waals surface area contributed by atoms with Crippen LogP contribution in [0.25, 0.3) is 6.08 Å². The topological polar surface area (TPSA) is 104 Å². The summed E-state index contributed by atoms with van der Waals surface area (Å²) in [6, 6.07) is 6.40. The number of rotatable bonds is 9. The zero-order chi connectivity index (χ0) is 20.5. The van der Waals surface area contributed by atoms with Gasteiger partial charge in [0.15, 0.2) is 11.9 Å². The number of nitrogens with zero attached hydrogens (tertiary/aromatic N) is 2. The number of carbonyl (C=O) groups is 2. The number of ether oxygens (including phenoxy) is 2. The van der Waals surface area contributed by atoms with Crippen LogP contribution in [0.4, 0.5) is 0 Å². The molecule has 0 bridgehead atoms. The zero-order valence-corrected chi connectivity index (χ0v) is 16.5. The Morgan fingerprint density at radius 1 is 1.25 bits per heavy atom. The number of carbonyl (C=O) groups excluding carboxylic acids is 2. The summed E-state index contributed by atoms with van der Waals surface area (Å²) in [5.41, 5.74) is 0.832. The van der Waals surface area contributed by atoms with Gasteiger partial charge in [-0.3, -0.25) is 4.79 Å². The Morgan fingerprint density at radius 3 is 2.61 bits per heavy atom. The predicted molar refractivity (Wildman–Crippen MR) is 102 cm³/mol. The quantitative estimate of drug-likeness (QED) is 0.521. The Hall–Kier alpha value is -3.16. The van der Waals surface area contributed by atoms with E-state index in [4.69, 9.17) is 14.0 Å². The van der Waals surface area contributed by atoms with Crippen LogP contribution in [0.5, 0.6) is 5.75 Å². The smallest absolute Gasteiger partial charge is 0.329 e. The summed E-state index contributed by atoms with van der Waals surface area (Å²) in [5.74, 6) is 0.542. The van der Waals surface area contributed by atoms with E-state index in [9.17, 15) is 9.59 Å². The maximum Gasteiger partial charge on any atom is 0.329 e. The van der Waals surface area contributed by atoms with E-state index >= 15 is 0 Å². The summed E-state index contributed by atoms with van der Waals surface area (Å²) in [5, 5.41) is 6.39. The highest BCUT2D eigenvalue weighted by Gasteiger charge is 2.23. The Morgan fingerprint density at radius 2 is 1.96 bits per heavy atom. The molecule has 8 heteroatoms. The van der Waals surface area contributed by atoms with Crippen molar-refractivity contribution in [3.63, 3.8) is 0 Å². The van der Waals surface area contributed by atoms with E-state index in [1.807, 2.05) is 19.1 Å². The van der Waals surface area contributed by atoms with Crippen molar-refractivity contribution in [2.24, 2.45) is 0 Å². The lowest BCUT2D eigenvalue weighted by Gasteiger charge is -2.14. The largest absolute Gasteiger partial charge is 0.497 e. The molecule has 2 atom stereocenters. The van der Waals surface area contributed by atoms with Gasteiger partial charge in [-0.25, -0.2) is 4.79 Å². The predicted octanol–water partition coefficient (Wildman–Crippen LogP) is 2.85. The molecule has 1 unspecified atom stereocenters. The first-order valence-electron chi connectivity index (χ1n) is 9.08. The molecule has 1 aromatic heterocycles. The zero-order valence-electron chi connectivity index (χ0n) is 16.5. The highest BCUT2D eigenvalue weighted by molar-refractivity contribution is 5.94. The van der Waals surface area contributed by atoms with Gasteiger partial charge in [0.05, 0.1) is 7.11 Å². The SMILES string of the molecule is CCCc1noc(C(C)OC(=O)[C@H](C)NC(=O)/C=C/c2ccc(OC)cc2)n1.